The third-order valence-corrected chi connectivity index (χ3v) is 3.93. The van der Waals surface area contributed by atoms with Crippen molar-refractivity contribution in [3.63, 3.8) is 0 Å². The molecule has 1 aromatic carbocycles. The number of hydrogen-bond acceptors (Lipinski definition) is 1. The average molecular weight is 307 g/mol. The second-order valence-corrected chi connectivity index (χ2v) is 4.84. The summed E-state index contributed by atoms with van der Waals surface area (Å²) in [7, 11) is 0. The zero-order valence-corrected chi connectivity index (χ0v) is 13.5. The molecule has 2 rings (SSSR count). The molecule has 89 valence electrons. The zero-order valence-electron chi connectivity index (χ0n) is 10.7. The summed E-state index contributed by atoms with van der Waals surface area (Å²) in [5.41, 5.74) is 6.68. The van der Waals surface area contributed by atoms with Gasteiger partial charge in [0.1, 0.15) is 0 Å². The van der Waals surface area contributed by atoms with Crippen molar-refractivity contribution in [2.45, 2.75) is 46.0 Å². The van der Waals surface area contributed by atoms with E-state index in [0.29, 0.717) is 0 Å². The summed E-state index contributed by atoms with van der Waals surface area (Å²) in [5, 5.41) is 8.89. The summed E-state index contributed by atoms with van der Waals surface area (Å²) in [5.74, 6) is -0.459. The predicted molar refractivity (Wildman–Crippen MR) is 64.0 cm³/mol. The first-order valence-electron chi connectivity index (χ1n) is 5.82. The number of carboxylic acid groups (broad SMARTS) is 1. The molecule has 0 saturated heterocycles. The number of carboxylic acids is 1. The predicted octanol–water partition coefficient (Wildman–Crippen LogP) is 3.11. The zero-order chi connectivity index (χ0) is 11.9. The standard InChI is InChI=1S/C14H18O2.Y/c1-8-6-13-11(7-14(15)16)4-5-12(13)10(3)9(8)2;/h6,11H,4-5,7H2,1-3H3,(H,15,16);/t11-;/m0./s1. The Kier molecular flexibility index (Phi) is 4.91. The second kappa shape index (κ2) is 5.62. The Bertz CT molecular complexity index is 452. The van der Waals surface area contributed by atoms with Gasteiger partial charge in [-0.1, -0.05) is 6.07 Å². The first kappa shape index (κ1) is 14.9. The van der Waals surface area contributed by atoms with Gasteiger partial charge in [-0.2, -0.15) is 0 Å². The van der Waals surface area contributed by atoms with Gasteiger partial charge in [0.05, 0.1) is 6.42 Å². The Morgan fingerprint density at radius 3 is 2.59 bits per heavy atom. The third-order valence-electron chi connectivity index (χ3n) is 3.93. The van der Waals surface area contributed by atoms with Crippen molar-refractivity contribution >= 4 is 5.97 Å². The van der Waals surface area contributed by atoms with Gasteiger partial charge in [-0.3, -0.25) is 4.79 Å². The molecule has 2 nitrogen and oxygen atoms in total. The molecule has 0 aliphatic heterocycles. The van der Waals surface area contributed by atoms with Crippen LogP contribution in [0.15, 0.2) is 6.07 Å². The van der Waals surface area contributed by atoms with Gasteiger partial charge < -0.3 is 5.11 Å². The van der Waals surface area contributed by atoms with Crippen LogP contribution >= 0.6 is 0 Å². The van der Waals surface area contributed by atoms with Crippen LogP contribution in [0.5, 0.6) is 0 Å². The summed E-state index contributed by atoms with van der Waals surface area (Å²) < 4.78 is 0. The molecule has 1 aromatic rings. The van der Waals surface area contributed by atoms with Crippen molar-refractivity contribution in [2.75, 3.05) is 0 Å². The minimum absolute atomic E-state index is 0. The van der Waals surface area contributed by atoms with Crippen molar-refractivity contribution < 1.29 is 42.6 Å². The molecule has 1 radical (unpaired) electrons. The number of aliphatic carboxylic acids is 1. The van der Waals surface area contributed by atoms with E-state index in [4.69, 9.17) is 5.11 Å². The van der Waals surface area contributed by atoms with Crippen molar-refractivity contribution in [1.29, 1.82) is 0 Å². The Balaban J connectivity index is 0.00000144. The van der Waals surface area contributed by atoms with Crippen LogP contribution in [-0.4, -0.2) is 11.1 Å². The Morgan fingerprint density at radius 1 is 1.35 bits per heavy atom. The molecule has 1 N–H and O–H groups in total. The maximum Gasteiger partial charge on any atom is 0.303 e. The minimum Gasteiger partial charge on any atom is -0.481 e. The topological polar surface area (TPSA) is 37.3 Å². The fraction of sp³-hybridized carbons (Fsp3) is 0.500. The van der Waals surface area contributed by atoms with Gasteiger partial charge in [0.25, 0.3) is 0 Å². The van der Waals surface area contributed by atoms with Crippen molar-refractivity contribution in [3.05, 3.63) is 33.9 Å². The van der Waals surface area contributed by atoms with Crippen molar-refractivity contribution in [2.24, 2.45) is 0 Å². The number of aryl methyl sites for hydroxylation is 1. The van der Waals surface area contributed by atoms with E-state index in [9.17, 15) is 4.79 Å². The van der Waals surface area contributed by atoms with Gasteiger partial charge in [-0.25, -0.2) is 0 Å². The van der Waals surface area contributed by atoms with Crippen LogP contribution in [0, 0.1) is 20.8 Å². The Labute approximate surface area is 128 Å². The molecule has 17 heavy (non-hydrogen) atoms. The van der Waals surface area contributed by atoms with Crippen LogP contribution in [0.25, 0.3) is 0 Å². The van der Waals surface area contributed by atoms with E-state index >= 15 is 0 Å². The van der Waals surface area contributed by atoms with E-state index in [2.05, 4.69) is 26.8 Å². The maximum absolute atomic E-state index is 10.8. The molecular weight excluding hydrogens is 289 g/mol. The van der Waals surface area contributed by atoms with Gasteiger partial charge >= 0.3 is 5.97 Å². The summed E-state index contributed by atoms with van der Waals surface area (Å²) in [6.45, 7) is 6.42. The first-order valence-corrected chi connectivity index (χ1v) is 5.82. The van der Waals surface area contributed by atoms with E-state index in [1.807, 2.05) is 0 Å². The summed E-state index contributed by atoms with van der Waals surface area (Å²) >= 11 is 0. The van der Waals surface area contributed by atoms with Crippen molar-refractivity contribution in [3.8, 4) is 0 Å². The Hall–Kier alpha value is -0.206. The van der Waals surface area contributed by atoms with E-state index in [1.165, 1.54) is 27.8 Å². The summed E-state index contributed by atoms with van der Waals surface area (Å²) in [6, 6.07) is 2.19. The third kappa shape index (κ3) is 2.79. The quantitative estimate of drug-likeness (QED) is 0.911. The first-order chi connectivity index (χ1) is 7.50. The molecule has 3 heteroatoms. The monoisotopic (exact) mass is 307 g/mol. The normalized spacial score (nSPS) is 17.5. The van der Waals surface area contributed by atoms with E-state index < -0.39 is 5.97 Å². The molecule has 0 unspecified atom stereocenters. The average Bonchev–Trinajstić information content (AvgIpc) is 2.58. The van der Waals surface area contributed by atoms with Gasteiger partial charge in [-0.05, 0) is 67.3 Å². The molecule has 0 fully saturated rings. The fourth-order valence-electron chi connectivity index (χ4n) is 2.76. The minimum atomic E-state index is -0.686. The molecule has 1 atom stereocenters. The van der Waals surface area contributed by atoms with Crippen LogP contribution < -0.4 is 0 Å². The van der Waals surface area contributed by atoms with Crippen LogP contribution in [0.4, 0.5) is 0 Å². The van der Waals surface area contributed by atoms with Crippen molar-refractivity contribution in [1.82, 2.24) is 0 Å². The SMILES string of the molecule is Cc1cc2c(c(C)c1C)CC[C@H]2CC(=O)O.[Y]. The molecular formula is C14H18O2Y. The number of benzene rings is 1. The molecule has 0 spiro atoms. The smallest absolute Gasteiger partial charge is 0.303 e. The molecule has 1 aliphatic rings. The van der Waals surface area contributed by atoms with Gasteiger partial charge in [0, 0.05) is 32.7 Å². The number of fused-ring (bicyclic) bond motifs is 1. The molecule has 0 bridgehead atoms. The van der Waals surface area contributed by atoms with E-state index in [-0.39, 0.29) is 45.0 Å². The number of hydrogen-bond donors (Lipinski definition) is 1. The number of rotatable bonds is 2. The summed E-state index contributed by atoms with van der Waals surface area (Å²) in [4.78, 5) is 10.8. The number of carbonyl (C=O) groups is 1. The van der Waals surface area contributed by atoms with Gasteiger partial charge in [0.2, 0.25) is 0 Å². The second-order valence-electron chi connectivity index (χ2n) is 4.84. The van der Waals surface area contributed by atoms with Crippen LogP contribution in [0.2, 0.25) is 0 Å². The van der Waals surface area contributed by atoms with Gasteiger partial charge in [-0.15, -0.1) is 0 Å². The Morgan fingerprint density at radius 2 is 2.00 bits per heavy atom. The van der Waals surface area contributed by atoms with Gasteiger partial charge in [0.15, 0.2) is 0 Å². The molecule has 1 aliphatic carbocycles. The maximum atomic E-state index is 10.8. The van der Waals surface area contributed by atoms with E-state index in [1.54, 1.807) is 0 Å². The fourth-order valence-corrected chi connectivity index (χ4v) is 2.76. The summed E-state index contributed by atoms with van der Waals surface area (Å²) in [6.07, 6.45) is 2.31. The largest absolute Gasteiger partial charge is 0.481 e. The molecule has 0 saturated carbocycles. The van der Waals surface area contributed by atoms with E-state index in [0.717, 1.165) is 12.8 Å². The van der Waals surface area contributed by atoms with Crippen LogP contribution in [0.3, 0.4) is 0 Å². The molecule has 0 aromatic heterocycles. The molecule has 0 amide bonds. The van der Waals surface area contributed by atoms with Crippen LogP contribution in [0.1, 0.15) is 46.6 Å². The molecule has 0 heterocycles. The van der Waals surface area contributed by atoms with Crippen LogP contribution in [-0.2, 0) is 43.9 Å².